The summed E-state index contributed by atoms with van der Waals surface area (Å²) in [7, 11) is 0. The number of hydrogen-bond acceptors (Lipinski definition) is 4. The van der Waals surface area contributed by atoms with E-state index in [4.69, 9.17) is 15.7 Å². The molecule has 150 valence electrons. The van der Waals surface area contributed by atoms with Gasteiger partial charge in [-0.2, -0.15) is 0 Å². The van der Waals surface area contributed by atoms with Gasteiger partial charge in [0.05, 0.1) is 5.69 Å². The Kier molecular flexibility index (Phi) is 5.26. The van der Waals surface area contributed by atoms with Crippen LogP contribution >= 0.6 is 0 Å². The molecule has 0 saturated heterocycles. The molecule has 2 heterocycles. The van der Waals surface area contributed by atoms with Gasteiger partial charge in [0.2, 0.25) is 11.8 Å². The molecule has 0 amide bonds. The van der Waals surface area contributed by atoms with Crippen molar-refractivity contribution in [2.75, 3.05) is 4.90 Å². The second-order valence-electron chi connectivity index (χ2n) is 6.83. The van der Waals surface area contributed by atoms with Crippen LogP contribution in [0.25, 0.3) is 11.1 Å². The van der Waals surface area contributed by atoms with E-state index in [1.165, 1.54) is 11.0 Å². The highest BCUT2D eigenvalue weighted by Gasteiger charge is 2.22. The summed E-state index contributed by atoms with van der Waals surface area (Å²) in [6, 6.07) is 21.5. The molecule has 2 aromatic heterocycles. The predicted molar refractivity (Wildman–Crippen MR) is 114 cm³/mol. The number of pyridine rings is 1. The van der Waals surface area contributed by atoms with Gasteiger partial charge in [-0.05, 0) is 29.3 Å². The molecule has 0 aliphatic heterocycles. The average molecular weight is 401 g/mol. The molecule has 0 fully saturated rings. The molecule has 4 rings (SSSR count). The second kappa shape index (κ2) is 8.16. The van der Waals surface area contributed by atoms with E-state index in [1.54, 1.807) is 36.5 Å². The van der Waals surface area contributed by atoms with Gasteiger partial charge in [-0.15, -0.1) is 0 Å². The Balaban J connectivity index is 1.62. The molecule has 1 unspecified atom stereocenters. The number of halogens is 1. The van der Waals surface area contributed by atoms with E-state index in [1.807, 2.05) is 43.3 Å². The number of nitrogens with zero attached hydrogens (tertiary/aromatic N) is 3. The average Bonchev–Trinajstić information content (AvgIpc) is 3.24. The van der Waals surface area contributed by atoms with Crippen LogP contribution < -0.4 is 10.6 Å². The van der Waals surface area contributed by atoms with Crippen LogP contribution in [-0.4, -0.2) is 16.1 Å². The fraction of sp³-hybridized carbons (Fsp3) is 0.0870. The first kappa shape index (κ1) is 19.3. The monoisotopic (exact) mass is 401 g/mol. The molecule has 0 saturated carbocycles. The van der Waals surface area contributed by atoms with Crippen LogP contribution in [-0.2, 0) is 0 Å². The Hall–Kier alpha value is -4.00. The maximum atomic E-state index is 14.8. The van der Waals surface area contributed by atoms with Crippen LogP contribution in [0.4, 0.5) is 16.1 Å². The Morgan fingerprint density at radius 3 is 2.50 bits per heavy atom. The zero-order valence-electron chi connectivity index (χ0n) is 16.3. The second-order valence-corrected chi connectivity index (χ2v) is 6.83. The summed E-state index contributed by atoms with van der Waals surface area (Å²) in [5.74, 6) is -0.0576. The van der Waals surface area contributed by atoms with Gasteiger partial charge in [-0.25, -0.2) is 14.3 Å². The van der Waals surface area contributed by atoms with Gasteiger partial charge in [-0.3, -0.25) is 5.41 Å². The lowest BCUT2D eigenvalue weighted by atomic mass is 9.95. The van der Waals surface area contributed by atoms with Gasteiger partial charge in [-0.1, -0.05) is 60.6 Å². The molecule has 0 aliphatic rings. The van der Waals surface area contributed by atoms with Crippen molar-refractivity contribution in [3.05, 3.63) is 96.1 Å². The molecule has 0 spiro atoms. The van der Waals surface area contributed by atoms with Gasteiger partial charge < -0.3 is 10.3 Å². The number of nitrogens with one attached hydrogen (secondary N) is 1. The summed E-state index contributed by atoms with van der Waals surface area (Å²) in [5.41, 5.74) is 8.45. The highest BCUT2D eigenvalue weighted by atomic mass is 19.1. The summed E-state index contributed by atoms with van der Waals surface area (Å²) < 4.78 is 20.2. The molecule has 2 aromatic carbocycles. The standard InChI is InChI=1S/C23H20FN5O/c1-15(17-10-11-18(19(24)13-17)16-7-3-2-4-8-16)20-14-22(30-28-20)29(23(25)26)21-9-5-6-12-27-21/h2-15H,1H3,(H3,25,26). The summed E-state index contributed by atoms with van der Waals surface area (Å²) >= 11 is 0. The van der Waals surface area contributed by atoms with E-state index in [9.17, 15) is 4.39 Å². The van der Waals surface area contributed by atoms with Gasteiger partial charge in [0.1, 0.15) is 11.6 Å². The summed E-state index contributed by atoms with van der Waals surface area (Å²) in [4.78, 5) is 5.56. The fourth-order valence-corrected chi connectivity index (χ4v) is 3.25. The largest absolute Gasteiger partial charge is 0.369 e. The number of aromatic nitrogens is 2. The minimum atomic E-state index is -0.298. The van der Waals surface area contributed by atoms with E-state index >= 15 is 0 Å². The lowest BCUT2D eigenvalue weighted by Gasteiger charge is -2.17. The van der Waals surface area contributed by atoms with E-state index in [2.05, 4.69) is 10.1 Å². The lowest BCUT2D eigenvalue weighted by Crippen LogP contribution is -2.32. The SMILES string of the molecule is CC(c1ccc(-c2ccccc2)c(F)c1)c1cc(N(C(=N)N)c2ccccn2)on1. The van der Waals surface area contributed by atoms with Crippen LogP contribution in [0.3, 0.4) is 0 Å². The van der Waals surface area contributed by atoms with Crippen molar-refractivity contribution in [1.29, 1.82) is 5.41 Å². The number of nitrogens with two attached hydrogens (primary N) is 1. The van der Waals surface area contributed by atoms with E-state index in [0.717, 1.165) is 11.1 Å². The third kappa shape index (κ3) is 3.77. The van der Waals surface area contributed by atoms with E-state index < -0.39 is 0 Å². The van der Waals surface area contributed by atoms with Crippen LogP contribution in [0.5, 0.6) is 0 Å². The summed E-state index contributed by atoms with van der Waals surface area (Å²) in [5, 5.41) is 12.0. The van der Waals surface area contributed by atoms with Crippen LogP contribution in [0.1, 0.15) is 24.1 Å². The van der Waals surface area contributed by atoms with Crippen LogP contribution in [0.2, 0.25) is 0 Å². The fourth-order valence-electron chi connectivity index (χ4n) is 3.25. The molecule has 6 nitrogen and oxygen atoms in total. The van der Waals surface area contributed by atoms with Crippen LogP contribution in [0, 0.1) is 11.2 Å². The first-order valence-electron chi connectivity index (χ1n) is 9.41. The molecule has 0 bridgehead atoms. The van der Waals surface area contributed by atoms with E-state index in [-0.39, 0.29) is 23.6 Å². The number of rotatable bonds is 5. The quantitative estimate of drug-likeness (QED) is 0.360. The first-order chi connectivity index (χ1) is 14.5. The van der Waals surface area contributed by atoms with Gasteiger partial charge in [0, 0.05) is 23.7 Å². The molecule has 4 aromatic rings. The van der Waals surface area contributed by atoms with Crippen molar-refractivity contribution in [3.63, 3.8) is 0 Å². The Bertz CT molecular complexity index is 1160. The minimum absolute atomic E-state index is 0.223. The molecule has 0 radical (unpaired) electrons. The van der Waals surface area contributed by atoms with E-state index in [0.29, 0.717) is 17.1 Å². The molecule has 0 aliphatic carbocycles. The topological polar surface area (TPSA) is 92.0 Å². The van der Waals surface area contributed by atoms with Crippen molar-refractivity contribution in [2.45, 2.75) is 12.8 Å². The third-order valence-electron chi connectivity index (χ3n) is 4.88. The number of guanidine groups is 1. The molecule has 3 N–H and O–H groups in total. The highest BCUT2D eigenvalue weighted by Crippen LogP contribution is 2.32. The summed E-state index contributed by atoms with van der Waals surface area (Å²) in [6.07, 6.45) is 1.60. The zero-order valence-corrected chi connectivity index (χ0v) is 16.3. The number of hydrogen-bond donors (Lipinski definition) is 2. The molecule has 30 heavy (non-hydrogen) atoms. The van der Waals surface area contributed by atoms with Crippen LogP contribution in [0.15, 0.2) is 83.5 Å². The van der Waals surface area contributed by atoms with Crippen molar-refractivity contribution in [1.82, 2.24) is 10.1 Å². The molecule has 7 heteroatoms. The number of benzene rings is 2. The third-order valence-corrected chi connectivity index (χ3v) is 4.88. The Labute approximate surface area is 173 Å². The molecular weight excluding hydrogens is 381 g/mol. The smallest absolute Gasteiger partial charge is 0.240 e. The maximum Gasteiger partial charge on any atom is 0.240 e. The predicted octanol–water partition coefficient (Wildman–Crippen LogP) is 5.06. The van der Waals surface area contributed by atoms with Crippen molar-refractivity contribution in [3.8, 4) is 11.1 Å². The van der Waals surface area contributed by atoms with Gasteiger partial charge >= 0.3 is 0 Å². The Morgan fingerprint density at radius 1 is 1.07 bits per heavy atom. The lowest BCUT2D eigenvalue weighted by molar-refractivity contribution is 0.418. The molecule has 1 atom stereocenters. The van der Waals surface area contributed by atoms with Gasteiger partial charge in [0.15, 0.2) is 0 Å². The maximum absolute atomic E-state index is 14.8. The zero-order chi connectivity index (χ0) is 21.1. The number of anilines is 2. The highest BCUT2D eigenvalue weighted by molar-refractivity contribution is 5.97. The minimum Gasteiger partial charge on any atom is -0.369 e. The van der Waals surface area contributed by atoms with Gasteiger partial charge in [0.25, 0.3) is 0 Å². The van der Waals surface area contributed by atoms with Crippen molar-refractivity contribution in [2.24, 2.45) is 5.73 Å². The van der Waals surface area contributed by atoms with Crippen molar-refractivity contribution >= 4 is 17.7 Å². The van der Waals surface area contributed by atoms with Crippen molar-refractivity contribution < 1.29 is 8.91 Å². The summed E-state index contributed by atoms with van der Waals surface area (Å²) in [6.45, 7) is 1.91. The first-order valence-corrected chi connectivity index (χ1v) is 9.41. The Morgan fingerprint density at radius 2 is 1.83 bits per heavy atom. The molecular formula is C23H20FN5O. The normalized spacial score (nSPS) is 11.8.